The monoisotopic (exact) mass is 393 g/mol. The van der Waals surface area contributed by atoms with Crippen LogP contribution in [0, 0.1) is 24.0 Å². The van der Waals surface area contributed by atoms with Crippen LogP contribution in [0.3, 0.4) is 0 Å². The van der Waals surface area contributed by atoms with Gasteiger partial charge in [-0.15, -0.1) is 0 Å². The van der Waals surface area contributed by atoms with Crippen molar-refractivity contribution in [1.82, 2.24) is 4.98 Å². The highest BCUT2D eigenvalue weighted by Gasteiger charge is 2.27. The second-order valence-electron chi connectivity index (χ2n) is 6.35. The van der Waals surface area contributed by atoms with Gasteiger partial charge in [-0.3, -0.25) is 14.9 Å². The first-order valence-corrected chi connectivity index (χ1v) is 9.26. The average molecular weight is 393 g/mol. The second-order valence-corrected chi connectivity index (χ2v) is 7.35. The van der Waals surface area contributed by atoms with Crippen LogP contribution in [0.5, 0.6) is 0 Å². The van der Waals surface area contributed by atoms with E-state index in [0.717, 1.165) is 21.3 Å². The fourth-order valence-electron chi connectivity index (χ4n) is 3.00. The molecule has 0 aliphatic rings. The molecule has 7 nitrogen and oxygen atoms in total. The van der Waals surface area contributed by atoms with Crippen LogP contribution < -0.4 is 4.90 Å². The third-order valence-corrected chi connectivity index (χ3v) is 5.15. The number of carbonyl (C=O) groups is 1. The first-order chi connectivity index (χ1) is 13.4. The third-order valence-electron chi connectivity index (χ3n) is 4.12. The smallest absolute Gasteiger partial charge is 0.395 e. The fourth-order valence-corrected chi connectivity index (χ4v) is 3.99. The van der Waals surface area contributed by atoms with E-state index in [9.17, 15) is 14.9 Å². The molecule has 0 aliphatic heterocycles. The Morgan fingerprint density at radius 3 is 2.46 bits per heavy atom. The number of para-hydroxylation sites is 1. The third kappa shape index (κ3) is 3.25. The van der Waals surface area contributed by atoms with Crippen LogP contribution in [-0.4, -0.2) is 15.8 Å². The van der Waals surface area contributed by atoms with Gasteiger partial charge in [0.1, 0.15) is 4.92 Å². The molecule has 0 unspecified atom stereocenters. The van der Waals surface area contributed by atoms with Crippen molar-refractivity contribution in [3.05, 3.63) is 81.6 Å². The van der Waals surface area contributed by atoms with Crippen LogP contribution in [0.2, 0.25) is 0 Å². The number of thiazole rings is 1. The normalized spacial score (nSPS) is 10.9. The molecule has 0 fully saturated rings. The summed E-state index contributed by atoms with van der Waals surface area (Å²) < 4.78 is 6.09. The van der Waals surface area contributed by atoms with E-state index < -0.39 is 16.7 Å². The summed E-state index contributed by atoms with van der Waals surface area (Å²) in [6.07, 6.45) is 0. The van der Waals surface area contributed by atoms with Gasteiger partial charge < -0.3 is 4.42 Å². The molecule has 0 bridgehead atoms. The van der Waals surface area contributed by atoms with Crippen LogP contribution in [0.15, 0.2) is 59.0 Å². The molecule has 28 heavy (non-hydrogen) atoms. The lowest BCUT2D eigenvalue weighted by Gasteiger charge is -2.19. The molecule has 2 aromatic heterocycles. The quantitative estimate of drug-likeness (QED) is 0.342. The molecular formula is C20H15N3O4S. The zero-order chi connectivity index (χ0) is 19.8. The lowest BCUT2D eigenvalue weighted by Crippen LogP contribution is -2.25. The van der Waals surface area contributed by atoms with E-state index in [1.54, 1.807) is 0 Å². The molecule has 2 heterocycles. The lowest BCUT2D eigenvalue weighted by molar-refractivity contribution is -0.402. The molecule has 0 aliphatic carbocycles. The maximum atomic E-state index is 13.3. The zero-order valence-corrected chi connectivity index (χ0v) is 15.9. The summed E-state index contributed by atoms with van der Waals surface area (Å²) in [6, 6.07) is 15.8. The molecule has 0 spiro atoms. The number of rotatable bonds is 4. The van der Waals surface area contributed by atoms with E-state index >= 15 is 0 Å². The predicted molar refractivity (Wildman–Crippen MR) is 107 cm³/mol. The van der Waals surface area contributed by atoms with Crippen molar-refractivity contribution in [2.24, 2.45) is 0 Å². The molecule has 140 valence electrons. The Bertz CT molecular complexity index is 1160. The molecule has 4 aromatic rings. The van der Waals surface area contributed by atoms with Gasteiger partial charge in [-0.05, 0) is 55.3 Å². The highest BCUT2D eigenvalue weighted by atomic mass is 32.1. The molecular weight excluding hydrogens is 378 g/mol. The molecule has 1 amide bonds. The number of furan rings is 1. The number of hydrogen-bond donors (Lipinski definition) is 0. The maximum absolute atomic E-state index is 13.3. The van der Waals surface area contributed by atoms with Crippen molar-refractivity contribution in [2.45, 2.75) is 13.8 Å². The maximum Gasteiger partial charge on any atom is 0.433 e. The minimum atomic E-state index is -0.671. The highest BCUT2D eigenvalue weighted by molar-refractivity contribution is 7.22. The number of nitro groups is 1. The second kappa shape index (κ2) is 6.90. The first kappa shape index (κ1) is 17.9. The van der Waals surface area contributed by atoms with E-state index in [1.807, 2.05) is 56.3 Å². The number of aromatic nitrogens is 1. The SMILES string of the molecule is Cc1cc(C)cc(N(C(=O)c2ccc([N+](=O)[O-])o2)c2nc3ccccc3s2)c1. The zero-order valence-electron chi connectivity index (χ0n) is 15.1. The van der Waals surface area contributed by atoms with Gasteiger partial charge >= 0.3 is 11.8 Å². The van der Waals surface area contributed by atoms with Crippen LogP contribution in [0.25, 0.3) is 10.2 Å². The highest BCUT2D eigenvalue weighted by Crippen LogP contribution is 2.35. The summed E-state index contributed by atoms with van der Waals surface area (Å²) in [5.74, 6) is -1.12. The van der Waals surface area contributed by atoms with Gasteiger partial charge in [0.25, 0.3) is 0 Å². The van der Waals surface area contributed by atoms with Crippen LogP contribution in [0.1, 0.15) is 21.7 Å². The number of benzene rings is 2. The van der Waals surface area contributed by atoms with Gasteiger partial charge in [0.15, 0.2) is 10.9 Å². The van der Waals surface area contributed by atoms with Crippen molar-refractivity contribution in [3.8, 4) is 0 Å². The van der Waals surface area contributed by atoms with Gasteiger partial charge in [-0.25, -0.2) is 9.88 Å². The van der Waals surface area contributed by atoms with Crippen molar-refractivity contribution in [1.29, 1.82) is 0 Å². The molecule has 4 rings (SSSR count). The Labute approximate surface area is 164 Å². The van der Waals surface area contributed by atoms with E-state index in [4.69, 9.17) is 4.42 Å². The minimum absolute atomic E-state index is 0.120. The summed E-state index contributed by atoms with van der Waals surface area (Å²) >= 11 is 1.37. The topological polar surface area (TPSA) is 89.5 Å². The fraction of sp³-hybridized carbons (Fsp3) is 0.100. The van der Waals surface area contributed by atoms with Crippen molar-refractivity contribution in [3.63, 3.8) is 0 Å². The number of fused-ring (bicyclic) bond motifs is 1. The van der Waals surface area contributed by atoms with Crippen molar-refractivity contribution >= 4 is 44.2 Å². The first-order valence-electron chi connectivity index (χ1n) is 8.45. The molecule has 0 saturated heterocycles. The summed E-state index contributed by atoms with van der Waals surface area (Å²) in [6.45, 7) is 3.88. The summed E-state index contributed by atoms with van der Waals surface area (Å²) in [7, 11) is 0. The average Bonchev–Trinajstić information content (AvgIpc) is 3.28. The Morgan fingerprint density at radius 2 is 1.82 bits per heavy atom. The lowest BCUT2D eigenvalue weighted by atomic mass is 10.1. The number of anilines is 2. The molecule has 0 radical (unpaired) electrons. The largest absolute Gasteiger partial charge is 0.433 e. The summed E-state index contributed by atoms with van der Waals surface area (Å²) in [5, 5.41) is 11.4. The summed E-state index contributed by atoms with van der Waals surface area (Å²) in [5.41, 5.74) is 3.37. The molecule has 8 heteroatoms. The Morgan fingerprint density at radius 1 is 1.11 bits per heavy atom. The van der Waals surface area contributed by atoms with Gasteiger partial charge in [-0.1, -0.05) is 29.5 Å². The number of amides is 1. The molecule has 2 aromatic carbocycles. The summed E-state index contributed by atoms with van der Waals surface area (Å²) in [4.78, 5) is 29.5. The van der Waals surface area contributed by atoms with E-state index in [0.29, 0.717) is 10.8 Å². The standard InChI is InChI=1S/C20H15N3O4S/c1-12-9-13(2)11-14(10-12)22(19(24)16-7-8-18(27-16)23(25)26)20-21-15-5-3-4-6-17(15)28-20/h3-11H,1-2H3. The number of hydrogen-bond acceptors (Lipinski definition) is 6. The van der Waals surface area contributed by atoms with Crippen molar-refractivity contribution < 1.29 is 14.1 Å². The van der Waals surface area contributed by atoms with E-state index in [2.05, 4.69) is 4.98 Å². The van der Waals surface area contributed by atoms with E-state index in [-0.39, 0.29) is 5.76 Å². The Balaban J connectivity index is 1.87. The molecule has 0 N–H and O–H groups in total. The van der Waals surface area contributed by atoms with Gasteiger partial charge in [0.2, 0.25) is 0 Å². The number of nitrogens with zero attached hydrogens (tertiary/aromatic N) is 3. The van der Waals surface area contributed by atoms with Crippen LogP contribution in [-0.2, 0) is 0 Å². The number of aryl methyl sites for hydroxylation is 2. The molecule has 0 saturated carbocycles. The van der Waals surface area contributed by atoms with E-state index in [1.165, 1.54) is 28.4 Å². The predicted octanol–water partition coefficient (Wildman–Crippen LogP) is 5.39. The minimum Gasteiger partial charge on any atom is -0.395 e. The molecule has 0 atom stereocenters. The van der Waals surface area contributed by atoms with Crippen molar-refractivity contribution in [2.75, 3.05) is 4.90 Å². The van der Waals surface area contributed by atoms with Gasteiger partial charge in [0, 0.05) is 0 Å². The van der Waals surface area contributed by atoms with Crippen LogP contribution >= 0.6 is 11.3 Å². The van der Waals surface area contributed by atoms with Gasteiger partial charge in [0.05, 0.1) is 22.0 Å². The Kier molecular flexibility index (Phi) is 4.40. The Hall–Kier alpha value is -3.52. The number of carbonyl (C=O) groups excluding carboxylic acids is 1. The van der Waals surface area contributed by atoms with Crippen LogP contribution in [0.4, 0.5) is 16.7 Å². The van der Waals surface area contributed by atoms with Gasteiger partial charge in [-0.2, -0.15) is 0 Å².